The van der Waals surface area contributed by atoms with Gasteiger partial charge in [0.25, 0.3) is 0 Å². The second-order valence-electron chi connectivity index (χ2n) is 3.07. The molecule has 0 saturated carbocycles. The molecule has 0 aromatic carbocycles. The van der Waals surface area contributed by atoms with Crippen LogP contribution >= 0.6 is 0 Å². The molecule has 0 spiro atoms. The van der Waals surface area contributed by atoms with Gasteiger partial charge in [0.2, 0.25) is 5.82 Å². The number of allylic oxidation sites excluding steroid dienone is 6. The molecule has 0 fully saturated rings. The van der Waals surface area contributed by atoms with Crippen LogP contribution in [0.3, 0.4) is 0 Å². The van der Waals surface area contributed by atoms with Crippen molar-refractivity contribution in [3.63, 3.8) is 0 Å². The van der Waals surface area contributed by atoms with Gasteiger partial charge in [0, 0.05) is 5.57 Å². The molecule has 1 heterocycles. The highest BCUT2D eigenvalue weighted by molar-refractivity contribution is 5.70. The largest absolute Gasteiger partial charge is 0.471 e. The average molecular weight is 244 g/mol. The van der Waals surface area contributed by atoms with Crippen LogP contribution in [0.4, 0.5) is 13.2 Å². The van der Waals surface area contributed by atoms with Crippen molar-refractivity contribution in [1.29, 1.82) is 0 Å². The Kier molecular flexibility index (Phi) is 4.25. The third-order valence-corrected chi connectivity index (χ3v) is 1.74. The van der Waals surface area contributed by atoms with Crippen LogP contribution in [0.2, 0.25) is 0 Å². The van der Waals surface area contributed by atoms with Crippen LogP contribution in [0.5, 0.6) is 0 Å². The van der Waals surface area contributed by atoms with E-state index in [0.29, 0.717) is 5.57 Å². The lowest BCUT2D eigenvalue weighted by Crippen LogP contribution is -2.05. The first-order chi connectivity index (χ1) is 7.99. The SMILES string of the molecule is C\C=C/C=C(\C=C/C)c1noc(C(F)(F)F)n1. The highest BCUT2D eigenvalue weighted by Gasteiger charge is 2.38. The van der Waals surface area contributed by atoms with Crippen molar-refractivity contribution in [3.8, 4) is 0 Å². The van der Waals surface area contributed by atoms with Crippen LogP contribution < -0.4 is 0 Å². The summed E-state index contributed by atoms with van der Waals surface area (Å²) in [6, 6.07) is 0. The van der Waals surface area contributed by atoms with Gasteiger partial charge in [-0.2, -0.15) is 18.2 Å². The number of halogens is 3. The van der Waals surface area contributed by atoms with Gasteiger partial charge in [0.05, 0.1) is 0 Å². The van der Waals surface area contributed by atoms with E-state index in [1.54, 1.807) is 44.2 Å². The Hall–Kier alpha value is -1.85. The lowest BCUT2D eigenvalue weighted by atomic mass is 10.2. The lowest BCUT2D eigenvalue weighted by molar-refractivity contribution is -0.159. The monoisotopic (exact) mass is 244 g/mol. The number of aromatic nitrogens is 2. The Morgan fingerprint density at radius 1 is 1.24 bits per heavy atom. The van der Waals surface area contributed by atoms with Crippen molar-refractivity contribution in [2.75, 3.05) is 0 Å². The summed E-state index contributed by atoms with van der Waals surface area (Å²) in [6.07, 6.45) is 3.69. The van der Waals surface area contributed by atoms with E-state index in [4.69, 9.17) is 0 Å². The molecule has 0 N–H and O–H groups in total. The van der Waals surface area contributed by atoms with Gasteiger partial charge >= 0.3 is 12.1 Å². The van der Waals surface area contributed by atoms with E-state index in [2.05, 4.69) is 14.7 Å². The zero-order chi connectivity index (χ0) is 12.9. The summed E-state index contributed by atoms with van der Waals surface area (Å²) in [5.41, 5.74) is 0.449. The maximum Gasteiger partial charge on any atom is 0.471 e. The fraction of sp³-hybridized carbons (Fsp3) is 0.273. The normalized spacial score (nSPS) is 14.1. The second-order valence-corrected chi connectivity index (χ2v) is 3.07. The summed E-state index contributed by atoms with van der Waals surface area (Å²) in [6.45, 7) is 3.54. The molecular weight excluding hydrogens is 233 g/mol. The van der Waals surface area contributed by atoms with Gasteiger partial charge < -0.3 is 4.52 Å². The van der Waals surface area contributed by atoms with Crippen LogP contribution in [0.1, 0.15) is 25.6 Å². The Morgan fingerprint density at radius 3 is 2.41 bits per heavy atom. The van der Waals surface area contributed by atoms with Crippen LogP contribution in [0.25, 0.3) is 5.57 Å². The van der Waals surface area contributed by atoms with Crippen molar-refractivity contribution < 1.29 is 17.7 Å². The lowest BCUT2D eigenvalue weighted by Gasteiger charge is -1.96. The molecule has 0 bridgehead atoms. The maximum absolute atomic E-state index is 12.3. The summed E-state index contributed by atoms with van der Waals surface area (Å²) >= 11 is 0. The fourth-order valence-corrected chi connectivity index (χ4v) is 1.04. The molecule has 0 aliphatic carbocycles. The number of rotatable bonds is 3. The van der Waals surface area contributed by atoms with E-state index in [1.807, 2.05) is 0 Å². The Labute approximate surface area is 96.3 Å². The number of hydrogen-bond acceptors (Lipinski definition) is 3. The van der Waals surface area contributed by atoms with Crippen molar-refractivity contribution in [2.24, 2.45) is 0 Å². The van der Waals surface area contributed by atoms with Gasteiger partial charge in [-0.1, -0.05) is 35.5 Å². The first-order valence-corrected chi connectivity index (χ1v) is 4.86. The Bertz CT molecular complexity index is 456. The van der Waals surface area contributed by atoms with E-state index in [1.165, 1.54) is 0 Å². The maximum atomic E-state index is 12.3. The quantitative estimate of drug-likeness (QED) is 0.762. The predicted octanol–water partition coefficient (Wildman–Crippen LogP) is 3.62. The minimum atomic E-state index is -4.62. The summed E-state index contributed by atoms with van der Waals surface area (Å²) < 4.78 is 40.9. The topological polar surface area (TPSA) is 38.9 Å². The first kappa shape index (κ1) is 13.2. The fourth-order valence-electron chi connectivity index (χ4n) is 1.04. The van der Waals surface area contributed by atoms with E-state index in [0.717, 1.165) is 0 Å². The third kappa shape index (κ3) is 3.58. The molecule has 0 saturated heterocycles. The molecule has 1 aromatic heterocycles. The second kappa shape index (κ2) is 5.47. The van der Waals surface area contributed by atoms with E-state index in [-0.39, 0.29) is 5.82 Å². The molecule has 92 valence electrons. The van der Waals surface area contributed by atoms with Crippen LogP contribution in [-0.2, 0) is 6.18 Å². The summed E-state index contributed by atoms with van der Waals surface area (Å²) in [5, 5.41) is 3.29. The molecule has 1 rings (SSSR count). The molecule has 17 heavy (non-hydrogen) atoms. The van der Waals surface area contributed by atoms with Gasteiger partial charge in [0.15, 0.2) is 0 Å². The van der Waals surface area contributed by atoms with Gasteiger partial charge in [-0.25, -0.2) is 0 Å². The van der Waals surface area contributed by atoms with Crippen molar-refractivity contribution in [3.05, 3.63) is 42.1 Å². The number of alkyl halides is 3. The molecular formula is C11H11F3N2O. The molecule has 3 nitrogen and oxygen atoms in total. The molecule has 0 aliphatic rings. The highest BCUT2D eigenvalue weighted by Crippen LogP contribution is 2.28. The standard InChI is InChI=1S/C11H11F3N2O/c1-3-5-7-8(6-4-2)9-15-10(17-16-9)11(12,13)14/h3-7H,1-2H3/b5-3-,6-4-,8-7+. The van der Waals surface area contributed by atoms with Crippen LogP contribution in [0, 0.1) is 0 Å². The summed E-state index contributed by atoms with van der Waals surface area (Å²) in [7, 11) is 0. The minimum absolute atomic E-state index is 0.0893. The summed E-state index contributed by atoms with van der Waals surface area (Å²) in [5.74, 6) is -1.43. The van der Waals surface area contributed by atoms with Crippen molar-refractivity contribution in [2.45, 2.75) is 20.0 Å². The van der Waals surface area contributed by atoms with Gasteiger partial charge in [-0.15, -0.1) is 0 Å². The number of hydrogen-bond donors (Lipinski definition) is 0. The van der Waals surface area contributed by atoms with Gasteiger partial charge in [-0.3, -0.25) is 0 Å². The van der Waals surface area contributed by atoms with Crippen LogP contribution in [0.15, 0.2) is 34.9 Å². The molecule has 6 heteroatoms. The molecule has 0 amide bonds. The average Bonchev–Trinajstić information content (AvgIpc) is 2.72. The molecule has 0 radical (unpaired) electrons. The molecule has 0 aliphatic heterocycles. The predicted molar refractivity (Wildman–Crippen MR) is 56.9 cm³/mol. The first-order valence-electron chi connectivity index (χ1n) is 4.86. The molecule has 1 aromatic rings. The zero-order valence-electron chi connectivity index (χ0n) is 9.32. The highest BCUT2D eigenvalue weighted by atomic mass is 19.4. The number of nitrogens with zero attached hydrogens (tertiary/aromatic N) is 2. The summed E-state index contributed by atoms with van der Waals surface area (Å²) in [4.78, 5) is 3.30. The van der Waals surface area contributed by atoms with E-state index in [9.17, 15) is 13.2 Å². The Balaban J connectivity index is 3.09. The Morgan fingerprint density at radius 2 is 1.94 bits per heavy atom. The van der Waals surface area contributed by atoms with E-state index < -0.39 is 12.1 Å². The molecule has 0 unspecified atom stereocenters. The van der Waals surface area contributed by atoms with Gasteiger partial charge in [-0.05, 0) is 13.8 Å². The van der Waals surface area contributed by atoms with E-state index >= 15 is 0 Å². The third-order valence-electron chi connectivity index (χ3n) is 1.74. The van der Waals surface area contributed by atoms with Crippen LogP contribution in [-0.4, -0.2) is 10.1 Å². The zero-order valence-corrected chi connectivity index (χ0v) is 9.32. The minimum Gasteiger partial charge on any atom is -0.329 e. The van der Waals surface area contributed by atoms with Gasteiger partial charge in [0.1, 0.15) is 0 Å². The van der Waals surface area contributed by atoms with Crippen molar-refractivity contribution >= 4 is 5.57 Å². The van der Waals surface area contributed by atoms with Crippen molar-refractivity contribution in [1.82, 2.24) is 10.1 Å². The molecule has 0 atom stereocenters. The smallest absolute Gasteiger partial charge is 0.329 e.